The van der Waals surface area contributed by atoms with E-state index in [9.17, 15) is 4.79 Å². The van der Waals surface area contributed by atoms with Crippen LogP contribution < -0.4 is 0 Å². The summed E-state index contributed by atoms with van der Waals surface area (Å²) in [6, 6.07) is 7.35. The molecule has 1 N–H and O–H groups in total. The highest BCUT2D eigenvalue weighted by Crippen LogP contribution is 2.26. The van der Waals surface area contributed by atoms with Gasteiger partial charge in [0.2, 0.25) is 6.39 Å². The first-order chi connectivity index (χ1) is 11.2. The summed E-state index contributed by atoms with van der Waals surface area (Å²) in [4.78, 5) is 21.8. The second-order valence-electron chi connectivity index (χ2n) is 5.29. The Morgan fingerprint density at radius 2 is 2.30 bits per heavy atom. The zero-order chi connectivity index (χ0) is 15.8. The largest absolute Gasteiger partial charge is 0.377 e. The van der Waals surface area contributed by atoms with E-state index in [2.05, 4.69) is 31.1 Å². The maximum atomic E-state index is 12.9. The van der Waals surface area contributed by atoms with Gasteiger partial charge in [0.05, 0.1) is 13.2 Å². The molecule has 3 aromatic rings. The van der Waals surface area contributed by atoms with Gasteiger partial charge in [0.15, 0.2) is 5.82 Å². The number of benzene rings is 1. The lowest BCUT2D eigenvalue weighted by Crippen LogP contribution is -2.44. The molecule has 1 fully saturated rings. The average molecular weight is 377 g/mol. The molecule has 23 heavy (non-hydrogen) atoms. The molecule has 1 aliphatic rings. The normalized spacial score (nSPS) is 18.5. The Bertz CT molecular complexity index is 846. The number of aromatic amines is 1. The van der Waals surface area contributed by atoms with Crippen LogP contribution in [0.2, 0.25) is 0 Å². The van der Waals surface area contributed by atoms with Crippen LogP contribution in [-0.2, 0) is 4.74 Å². The Hall–Kier alpha value is -2.19. The summed E-state index contributed by atoms with van der Waals surface area (Å²) in [6.45, 7) is 1.33. The summed E-state index contributed by atoms with van der Waals surface area (Å²) < 4.78 is 11.2. The smallest absolute Gasteiger partial charge is 0.271 e. The molecule has 118 valence electrons. The van der Waals surface area contributed by atoms with Crippen molar-refractivity contribution in [2.75, 3.05) is 19.8 Å². The maximum Gasteiger partial charge on any atom is 0.271 e. The van der Waals surface area contributed by atoms with Crippen molar-refractivity contribution >= 4 is 32.7 Å². The van der Waals surface area contributed by atoms with Crippen LogP contribution in [0.15, 0.2) is 39.7 Å². The van der Waals surface area contributed by atoms with Crippen molar-refractivity contribution in [1.82, 2.24) is 20.0 Å². The fourth-order valence-electron chi connectivity index (χ4n) is 2.76. The van der Waals surface area contributed by atoms with Crippen molar-refractivity contribution in [3.8, 4) is 0 Å². The highest BCUT2D eigenvalue weighted by Gasteiger charge is 2.32. The molecule has 0 bridgehead atoms. The Morgan fingerprint density at radius 3 is 3.13 bits per heavy atom. The molecule has 1 aliphatic heterocycles. The first-order valence-electron chi connectivity index (χ1n) is 7.15. The fraction of sp³-hybridized carbons (Fsp3) is 0.267. The standard InChI is InChI=1S/C15H13BrN4O3/c16-10-1-2-11-9(5-10)6-12(18-11)15(21)20-3-4-22-7-13(20)14-17-8-23-19-14/h1-2,5-6,8,13,18H,3-4,7H2/t13-/m0/s1. The van der Waals surface area contributed by atoms with Crippen molar-refractivity contribution < 1.29 is 14.1 Å². The Balaban J connectivity index is 1.67. The predicted molar refractivity (Wildman–Crippen MR) is 84.9 cm³/mol. The lowest BCUT2D eigenvalue weighted by Gasteiger charge is -2.33. The van der Waals surface area contributed by atoms with Crippen molar-refractivity contribution in [3.05, 3.63) is 46.7 Å². The monoisotopic (exact) mass is 376 g/mol. The molecule has 1 atom stereocenters. The molecular weight excluding hydrogens is 364 g/mol. The third kappa shape index (κ3) is 2.64. The van der Waals surface area contributed by atoms with Gasteiger partial charge in [-0.05, 0) is 24.3 Å². The van der Waals surface area contributed by atoms with Crippen LogP contribution >= 0.6 is 15.9 Å². The van der Waals surface area contributed by atoms with Crippen LogP contribution in [0.25, 0.3) is 10.9 Å². The number of rotatable bonds is 2. The van der Waals surface area contributed by atoms with Gasteiger partial charge in [-0.1, -0.05) is 21.1 Å². The van der Waals surface area contributed by atoms with Crippen LogP contribution in [0, 0.1) is 0 Å². The maximum absolute atomic E-state index is 12.9. The zero-order valence-corrected chi connectivity index (χ0v) is 13.6. The van der Waals surface area contributed by atoms with E-state index < -0.39 is 0 Å². The third-order valence-electron chi connectivity index (χ3n) is 3.88. The van der Waals surface area contributed by atoms with Crippen LogP contribution in [0.4, 0.5) is 0 Å². The molecule has 3 heterocycles. The number of hydrogen-bond donors (Lipinski definition) is 1. The number of hydrogen-bond acceptors (Lipinski definition) is 5. The van der Waals surface area contributed by atoms with Gasteiger partial charge >= 0.3 is 0 Å². The molecule has 7 nitrogen and oxygen atoms in total. The van der Waals surface area contributed by atoms with Gasteiger partial charge in [-0.2, -0.15) is 4.98 Å². The quantitative estimate of drug-likeness (QED) is 0.742. The van der Waals surface area contributed by atoms with E-state index in [4.69, 9.17) is 9.26 Å². The number of carbonyl (C=O) groups is 1. The highest BCUT2D eigenvalue weighted by atomic mass is 79.9. The minimum absolute atomic E-state index is 0.101. The second-order valence-corrected chi connectivity index (χ2v) is 6.21. The van der Waals surface area contributed by atoms with Gasteiger partial charge in [-0.25, -0.2) is 0 Å². The van der Waals surface area contributed by atoms with Crippen LogP contribution in [0.1, 0.15) is 22.4 Å². The summed E-state index contributed by atoms with van der Waals surface area (Å²) in [7, 11) is 0. The number of morpholine rings is 1. The summed E-state index contributed by atoms with van der Waals surface area (Å²) >= 11 is 3.44. The lowest BCUT2D eigenvalue weighted by molar-refractivity contribution is -0.00602. The fourth-order valence-corrected chi connectivity index (χ4v) is 3.14. The summed E-state index contributed by atoms with van der Waals surface area (Å²) in [5.74, 6) is 0.354. The van der Waals surface area contributed by atoms with Gasteiger partial charge in [0, 0.05) is 21.9 Å². The molecule has 0 saturated carbocycles. The van der Waals surface area contributed by atoms with Crippen LogP contribution in [0.3, 0.4) is 0 Å². The van der Waals surface area contributed by atoms with Gasteiger partial charge in [0.25, 0.3) is 5.91 Å². The van der Waals surface area contributed by atoms with Gasteiger partial charge in [-0.3, -0.25) is 4.79 Å². The topological polar surface area (TPSA) is 84.2 Å². The van der Waals surface area contributed by atoms with Crippen molar-refractivity contribution in [1.29, 1.82) is 0 Å². The second kappa shape index (κ2) is 5.78. The Morgan fingerprint density at radius 1 is 1.39 bits per heavy atom. The average Bonchev–Trinajstić information content (AvgIpc) is 3.23. The predicted octanol–water partition coefficient (Wildman–Crippen LogP) is 2.53. The molecule has 1 aromatic carbocycles. The van der Waals surface area contributed by atoms with E-state index in [0.29, 0.717) is 31.3 Å². The molecule has 1 amide bonds. The number of nitrogens with one attached hydrogen (secondary N) is 1. The first-order valence-corrected chi connectivity index (χ1v) is 7.95. The van der Waals surface area contributed by atoms with Crippen LogP contribution in [0.5, 0.6) is 0 Å². The Kier molecular flexibility index (Phi) is 3.62. The molecule has 4 rings (SSSR count). The summed E-state index contributed by atoms with van der Waals surface area (Å²) in [5, 5.41) is 4.82. The number of ether oxygens (including phenoxy) is 1. The number of carbonyl (C=O) groups excluding carboxylic acids is 1. The summed E-state index contributed by atoms with van der Waals surface area (Å²) in [6.07, 6.45) is 1.26. The van der Waals surface area contributed by atoms with E-state index in [-0.39, 0.29) is 11.9 Å². The van der Waals surface area contributed by atoms with Crippen molar-refractivity contribution in [2.45, 2.75) is 6.04 Å². The highest BCUT2D eigenvalue weighted by molar-refractivity contribution is 9.10. The van der Waals surface area contributed by atoms with Crippen molar-refractivity contribution in [2.24, 2.45) is 0 Å². The van der Waals surface area contributed by atoms with Gasteiger partial charge in [0.1, 0.15) is 11.7 Å². The van der Waals surface area contributed by atoms with Crippen LogP contribution in [-0.4, -0.2) is 45.7 Å². The number of aromatic nitrogens is 3. The van der Waals surface area contributed by atoms with E-state index >= 15 is 0 Å². The van der Waals surface area contributed by atoms with E-state index in [0.717, 1.165) is 15.4 Å². The number of nitrogens with zero attached hydrogens (tertiary/aromatic N) is 3. The van der Waals surface area contributed by atoms with E-state index in [1.165, 1.54) is 6.39 Å². The molecule has 0 spiro atoms. The summed E-state index contributed by atoms with van der Waals surface area (Å²) in [5.41, 5.74) is 1.45. The molecule has 0 radical (unpaired) electrons. The zero-order valence-electron chi connectivity index (χ0n) is 12.0. The molecule has 8 heteroatoms. The number of H-pyrrole nitrogens is 1. The minimum Gasteiger partial charge on any atom is -0.377 e. The molecular formula is C15H13BrN4O3. The third-order valence-corrected chi connectivity index (χ3v) is 4.37. The molecule has 1 saturated heterocycles. The molecule has 2 aromatic heterocycles. The van der Waals surface area contributed by atoms with Gasteiger partial charge in [-0.15, -0.1) is 0 Å². The van der Waals surface area contributed by atoms with Gasteiger partial charge < -0.3 is 19.1 Å². The molecule has 0 aliphatic carbocycles. The number of halogens is 1. The number of fused-ring (bicyclic) bond motifs is 1. The van der Waals surface area contributed by atoms with E-state index in [1.54, 1.807) is 4.90 Å². The lowest BCUT2D eigenvalue weighted by atomic mass is 10.2. The minimum atomic E-state index is -0.340. The molecule has 0 unspecified atom stereocenters. The van der Waals surface area contributed by atoms with Crippen molar-refractivity contribution in [3.63, 3.8) is 0 Å². The first kappa shape index (κ1) is 14.4. The van der Waals surface area contributed by atoms with E-state index in [1.807, 2.05) is 24.3 Å². The number of amides is 1. The SMILES string of the molecule is O=C(c1cc2cc(Br)ccc2[nH]1)N1CCOC[C@H]1c1ncon1. The Labute approximate surface area is 139 Å².